The molecule has 4 heteroatoms. The van der Waals surface area contributed by atoms with Crippen molar-refractivity contribution in [2.45, 2.75) is 32.1 Å². The van der Waals surface area contributed by atoms with E-state index in [1.165, 1.54) is 10.4 Å². The van der Waals surface area contributed by atoms with Crippen molar-refractivity contribution >= 4 is 22.2 Å². The number of thiophene rings is 1. The van der Waals surface area contributed by atoms with Crippen molar-refractivity contribution in [2.75, 3.05) is 5.32 Å². The van der Waals surface area contributed by atoms with Crippen LogP contribution in [0.3, 0.4) is 0 Å². The summed E-state index contributed by atoms with van der Waals surface area (Å²) in [7, 11) is 0. The molecule has 3 rings (SSSR count). The maximum absolute atomic E-state index is 11.7. The Morgan fingerprint density at radius 1 is 1.44 bits per heavy atom. The van der Waals surface area contributed by atoms with Crippen LogP contribution in [0.5, 0.6) is 0 Å². The highest BCUT2D eigenvalue weighted by atomic mass is 32.1. The number of amides is 1. The van der Waals surface area contributed by atoms with E-state index < -0.39 is 0 Å². The lowest BCUT2D eigenvalue weighted by Crippen LogP contribution is -2.13. The van der Waals surface area contributed by atoms with Crippen LogP contribution in [0.25, 0.3) is 0 Å². The normalized spacial score (nSPS) is 17.9. The van der Waals surface area contributed by atoms with Crippen molar-refractivity contribution in [2.24, 2.45) is 5.92 Å². The predicted molar refractivity (Wildman–Crippen MR) is 62.4 cm³/mol. The summed E-state index contributed by atoms with van der Waals surface area (Å²) in [6.45, 7) is 0. The van der Waals surface area contributed by atoms with Crippen molar-refractivity contribution in [3.05, 3.63) is 16.0 Å². The maximum Gasteiger partial charge on any atom is 0.228 e. The van der Waals surface area contributed by atoms with Gasteiger partial charge < -0.3 is 5.32 Å². The number of nitrogens with one attached hydrogen (secondary N) is 1. The summed E-state index contributed by atoms with van der Waals surface area (Å²) < 4.78 is 0. The van der Waals surface area contributed by atoms with Gasteiger partial charge in [0, 0.05) is 10.8 Å². The summed E-state index contributed by atoms with van der Waals surface area (Å²) >= 11 is 1.59. The van der Waals surface area contributed by atoms with E-state index in [0.717, 1.165) is 37.1 Å². The maximum atomic E-state index is 11.7. The molecule has 3 nitrogen and oxygen atoms in total. The molecule has 0 aromatic carbocycles. The number of anilines is 1. The molecule has 1 amide bonds. The minimum Gasteiger partial charge on any atom is -0.316 e. The van der Waals surface area contributed by atoms with Gasteiger partial charge in [-0.05, 0) is 37.7 Å². The Hall–Kier alpha value is -1.34. The molecule has 82 valence electrons. The quantitative estimate of drug-likeness (QED) is 0.851. The van der Waals surface area contributed by atoms with Crippen LogP contribution in [0.15, 0.2) is 0 Å². The molecule has 0 bridgehead atoms. The smallest absolute Gasteiger partial charge is 0.228 e. The molecule has 16 heavy (non-hydrogen) atoms. The average molecular weight is 232 g/mol. The fourth-order valence-electron chi connectivity index (χ4n) is 2.17. The van der Waals surface area contributed by atoms with Crippen LogP contribution in [-0.4, -0.2) is 5.91 Å². The van der Waals surface area contributed by atoms with Gasteiger partial charge in [-0.1, -0.05) is 0 Å². The first-order valence-corrected chi connectivity index (χ1v) is 6.46. The number of carbonyl (C=O) groups is 1. The summed E-state index contributed by atoms with van der Waals surface area (Å²) in [5, 5.41) is 12.8. The van der Waals surface area contributed by atoms with Gasteiger partial charge in [0.1, 0.15) is 11.1 Å². The van der Waals surface area contributed by atoms with Gasteiger partial charge >= 0.3 is 0 Å². The number of hydrogen-bond acceptors (Lipinski definition) is 3. The van der Waals surface area contributed by atoms with E-state index in [1.54, 1.807) is 11.3 Å². The first-order valence-electron chi connectivity index (χ1n) is 5.65. The van der Waals surface area contributed by atoms with Crippen LogP contribution in [0.1, 0.15) is 35.3 Å². The standard InChI is InChI=1S/C12H12N2OS/c13-6-9-8-2-1-3-10(8)16-12(9)14-11(15)7-4-5-7/h7H,1-5H2,(H,14,15). The van der Waals surface area contributed by atoms with Gasteiger partial charge in [0.15, 0.2) is 0 Å². The lowest BCUT2D eigenvalue weighted by Gasteiger charge is -2.01. The number of rotatable bonds is 2. The van der Waals surface area contributed by atoms with Crippen LogP contribution in [0.2, 0.25) is 0 Å². The lowest BCUT2D eigenvalue weighted by molar-refractivity contribution is -0.117. The largest absolute Gasteiger partial charge is 0.316 e. The lowest BCUT2D eigenvalue weighted by atomic mass is 10.1. The SMILES string of the molecule is N#Cc1c(NC(=O)C2CC2)sc2c1CCC2. The Bertz CT molecular complexity index is 494. The average Bonchev–Trinajstić information content (AvgIpc) is 2.94. The minimum absolute atomic E-state index is 0.0939. The van der Waals surface area contributed by atoms with Crippen LogP contribution in [0.4, 0.5) is 5.00 Å². The van der Waals surface area contributed by atoms with Gasteiger partial charge in [0.25, 0.3) is 0 Å². The summed E-state index contributed by atoms with van der Waals surface area (Å²) in [5.74, 6) is 0.292. The van der Waals surface area contributed by atoms with E-state index in [1.807, 2.05) is 0 Å². The van der Waals surface area contributed by atoms with Crippen molar-refractivity contribution in [3.8, 4) is 6.07 Å². The zero-order chi connectivity index (χ0) is 11.1. The molecule has 1 saturated carbocycles. The molecule has 1 N–H and O–H groups in total. The van der Waals surface area contributed by atoms with Crippen molar-refractivity contribution < 1.29 is 4.79 Å². The van der Waals surface area contributed by atoms with E-state index in [4.69, 9.17) is 5.26 Å². The molecule has 0 radical (unpaired) electrons. The summed E-state index contributed by atoms with van der Waals surface area (Å²) in [4.78, 5) is 13.0. The van der Waals surface area contributed by atoms with Crippen LogP contribution in [0, 0.1) is 17.2 Å². The molecule has 0 aliphatic heterocycles. The second-order valence-electron chi connectivity index (χ2n) is 4.44. The molecule has 1 aromatic heterocycles. The number of nitrogens with zero attached hydrogens (tertiary/aromatic N) is 1. The summed E-state index contributed by atoms with van der Waals surface area (Å²) in [6, 6.07) is 2.24. The molecule has 1 fully saturated rings. The van der Waals surface area contributed by atoms with Crippen LogP contribution < -0.4 is 5.32 Å². The molecule has 0 saturated heterocycles. The molecule has 2 aliphatic carbocycles. The number of nitriles is 1. The topological polar surface area (TPSA) is 52.9 Å². The molecule has 1 heterocycles. The Balaban J connectivity index is 1.89. The fraction of sp³-hybridized carbons (Fsp3) is 0.500. The number of aryl methyl sites for hydroxylation is 1. The Morgan fingerprint density at radius 2 is 2.25 bits per heavy atom. The number of hydrogen-bond donors (Lipinski definition) is 1. The van der Waals surface area contributed by atoms with Crippen LogP contribution in [-0.2, 0) is 17.6 Å². The number of fused-ring (bicyclic) bond motifs is 1. The van der Waals surface area contributed by atoms with Crippen molar-refractivity contribution in [1.82, 2.24) is 0 Å². The Morgan fingerprint density at radius 3 is 2.94 bits per heavy atom. The molecule has 0 spiro atoms. The zero-order valence-corrected chi connectivity index (χ0v) is 9.69. The van der Waals surface area contributed by atoms with Gasteiger partial charge in [-0.3, -0.25) is 4.79 Å². The third-order valence-electron chi connectivity index (χ3n) is 3.22. The minimum atomic E-state index is 0.0939. The molecule has 1 aromatic rings. The molecular weight excluding hydrogens is 220 g/mol. The highest BCUT2D eigenvalue weighted by Crippen LogP contribution is 2.39. The fourth-order valence-corrected chi connectivity index (χ4v) is 3.41. The van der Waals surface area contributed by atoms with E-state index in [0.29, 0.717) is 5.56 Å². The molecule has 0 unspecified atom stereocenters. The highest BCUT2D eigenvalue weighted by molar-refractivity contribution is 7.16. The van der Waals surface area contributed by atoms with Gasteiger partial charge in [-0.2, -0.15) is 5.26 Å². The van der Waals surface area contributed by atoms with E-state index in [2.05, 4.69) is 11.4 Å². The molecular formula is C12H12N2OS. The number of carbonyl (C=O) groups excluding carboxylic acids is 1. The summed E-state index contributed by atoms with van der Waals surface area (Å²) in [5.41, 5.74) is 1.89. The Kier molecular flexibility index (Phi) is 2.22. The monoisotopic (exact) mass is 232 g/mol. The van der Waals surface area contributed by atoms with Crippen molar-refractivity contribution in [3.63, 3.8) is 0 Å². The van der Waals surface area contributed by atoms with Crippen LogP contribution >= 0.6 is 11.3 Å². The zero-order valence-electron chi connectivity index (χ0n) is 8.88. The Labute approximate surface area is 98.1 Å². The van der Waals surface area contributed by atoms with Gasteiger partial charge in [0.2, 0.25) is 5.91 Å². The van der Waals surface area contributed by atoms with Gasteiger partial charge in [-0.25, -0.2) is 0 Å². The third kappa shape index (κ3) is 1.52. The molecule has 2 aliphatic rings. The highest BCUT2D eigenvalue weighted by Gasteiger charge is 2.31. The van der Waals surface area contributed by atoms with E-state index >= 15 is 0 Å². The molecule has 0 atom stereocenters. The first kappa shape index (κ1) is 9.86. The predicted octanol–water partition coefficient (Wildman–Crippen LogP) is 2.46. The second-order valence-corrected chi connectivity index (χ2v) is 5.54. The first-order chi connectivity index (χ1) is 7.79. The van der Waals surface area contributed by atoms with E-state index in [-0.39, 0.29) is 11.8 Å². The van der Waals surface area contributed by atoms with Gasteiger partial charge in [0.05, 0.1) is 5.56 Å². The van der Waals surface area contributed by atoms with Crippen molar-refractivity contribution in [1.29, 1.82) is 5.26 Å². The van der Waals surface area contributed by atoms with E-state index in [9.17, 15) is 4.79 Å². The third-order valence-corrected chi connectivity index (χ3v) is 4.43. The van der Waals surface area contributed by atoms with Gasteiger partial charge in [-0.15, -0.1) is 11.3 Å². The second kappa shape index (κ2) is 3.60. The summed E-state index contributed by atoms with van der Waals surface area (Å²) in [6.07, 6.45) is 5.20.